The van der Waals surface area contributed by atoms with Crippen molar-refractivity contribution in [3.63, 3.8) is 0 Å². The highest BCUT2D eigenvalue weighted by atomic mass is 35.5. The predicted octanol–water partition coefficient (Wildman–Crippen LogP) is 5.21. The molecule has 1 heterocycles. The van der Waals surface area contributed by atoms with Crippen molar-refractivity contribution in [1.29, 1.82) is 0 Å². The van der Waals surface area contributed by atoms with Crippen LogP contribution >= 0.6 is 34.5 Å². The van der Waals surface area contributed by atoms with Gasteiger partial charge in [0.25, 0.3) is 0 Å². The van der Waals surface area contributed by atoms with E-state index < -0.39 is 0 Å². The lowest BCUT2D eigenvalue weighted by Crippen LogP contribution is -2.31. The fourth-order valence-corrected chi connectivity index (χ4v) is 3.32. The number of hydrogen-bond donors (Lipinski definition) is 1. The molecule has 0 aliphatic heterocycles. The molecule has 1 unspecified atom stereocenters. The van der Waals surface area contributed by atoms with Crippen molar-refractivity contribution in [3.05, 3.63) is 56.2 Å². The zero-order valence-electron chi connectivity index (χ0n) is 11.5. The van der Waals surface area contributed by atoms with Crippen LogP contribution in [0.2, 0.25) is 10.0 Å². The van der Waals surface area contributed by atoms with E-state index in [1.54, 1.807) is 11.3 Å². The van der Waals surface area contributed by atoms with Crippen molar-refractivity contribution < 1.29 is 0 Å². The summed E-state index contributed by atoms with van der Waals surface area (Å²) < 4.78 is 0. The second kappa shape index (κ2) is 8.04. The predicted molar refractivity (Wildman–Crippen MR) is 90.3 cm³/mol. The lowest BCUT2D eigenvalue weighted by atomic mass is 10.00. The summed E-state index contributed by atoms with van der Waals surface area (Å²) in [7, 11) is 0. The SMILES string of the molecule is CCNC(CCc1ccsc1)Cc1ccc(Cl)c(Cl)c1. The van der Waals surface area contributed by atoms with Crippen LogP contribution in [-0.2, 0) is 12.8 Å². The second-order valence-corrected chi connectivity index (χ2v) is 6.47. The topological polar surface area (TPSA) is 12.0 Å². The molecular weight excluding hydrogens is 309 g/mol. The number of thiophene rings is 1. The summed E-state index contributed by atoms with van der Waals surface area (Å²) in [6, 6.07) is 8.58. The van der Waals surface area contributed by atoms with Crippen LogP contribution in [0.4, 0.5) is 0 Å². The van der Waals surface area contributed by atoms with Gasteiger partial charge in [-0.05, 0) is 65.9 Å². The Bertz CT molecular complexity index is 525. The Morgan fingerprint density at radius 1 is 1.15 bits per heavy atom. The van der Waals surface area contributed by atoms with E-state index in [0.29, 0.717) is 16.1 Å². The van der Waals surface area contributed by atoms with E-state index >= 15 is 0 Å². The van der Waals surface area contributed by atoms with Gasteiger partial charge in [0.05, 0.1) is 10.0 Å². The number of hydrogen-bond acceptors (Lipinski definition) is 2. The van der Waals surface area contributed by atoms with Crippen LogP contribution in [0, 0.1) is 0 Å². The van der Waals surface area contributed by atoms with E-state index in [2.05, 4.69) is 35.1 Å². The van der Waals surface area contributed by atoms with Gasteiger partial charge < -0.3 is 5.32 Å². The summed E-state index contributed by atoms with van der Waals surface area (Å²) in [5.41, 5.74) is 2.66. The van der Waals surface area contributed by atoms with E-state index in [1.165, 1.54) is 11.1 Å². The molecule has 0 spiro atoms. The molecule has 0 saturated heterocycles. The van der Waals surface area contributed by atoms with Crippen LogP contribution in [0.25, 0.3) is 0 Å². The molecule has 108 valence electrons. The fraction of sp³-hybridized carbons (Fsp3) is 0.375. The zero-order chi connectivity index (χ0) is 14.4. The highest BCUT2D eigenvalue weighted by molar-refractivity contribution is 7.07. The van der Waals surface area contributed by atoms with Crippen molar-refractivity contribution in [2.45, 2.75) is 32.2 Å². The van der Waals surface area contributed by atoms with Crippen molar-refractivity contribution >= 4 is 34.5 Å². The summed E-state index contributed by atoms with van der Waals surface area (Å²) in [5, 5.41) is 9.17. The maximum absolute atomic E-state index is 6.08. The molecular formula is C16H19Cl2NS. The first kappa shape index (κ1) is 15.8. The van der Waals surface area contributed by atoms with E-state index in [9.17, 15) is 0 Å². The van der Waals surface area contributed by atoms with E-state index in [0.717, 1.165) is 25.8 Å². The molecule has 0 aliphatic rings. The quantitative estimate of drug-likeness (QED) is 0.736. The normalized spacial score (nSPS) is 12.6. The standard InChI is InChI=1S/C16H19Cl2NS/c1-2-19-14(5-3-12-7-8-20-11-12)9-13-4-6-15(17)16(18)10-13/h4,6-8,10-11,14,19H,2-3,5,9H2,1H3. The molecule has 1 aromatic carbocycles. The number of aryl methyl sites for hydroxylation is 1. The Balaban J connectivity index is 1.95. The van der Waals surface area contributed by atoms with E-state index in [-0.39, 0.29) is 0 Å². The maximum Gasteiger partial charge on any atom is 0.0595 e. The number of rotatable bonds is 7. The minimum Gasteiger partial charge on any atom is -0.314 e. The van der Waals surface area contributed by atoms with Crippen LogP contribution in [0.1, 0.15) is 24.5 Å². The first-order valence-corrected chi connectivity index (χ1v) is 8.57. The Morgan fingerprint density at radius 3 is 2.65 bits per heavy atom. The van der Waals surface area contributed by atoms with E-state index in [4.69, 9.17) is 23.2 Å². The van der Waals surface area contributed by atoms with Crippen molar-refractivity contribution in [2.24, 2.45) is 0 Å². The average Bonchev–Trinajstić information content (AvgIpc) is 2.94. The summed E-state index contributed by atoms with van der Waals surface area (Å²) in [6.07, 6.45) is 3.22. The lowest BCUT2D eigenvalue weighted by molar-refractivity contribution is 0.491. The molecule has 1 atom stereocenters. The number of likely N-dealkylation sites (N-methyl/N-ethyl adjacent to an activating group) is 1. The minimum atomic E-state index is 0.470. The van der Waals surface area contributed by atoms with Gasteiger partial charge in [0.2, 0.25) is 0 Å². The molecule has 20 heavy (non-hydrogen) atoms. The van der Waals surface area contributed by atoms with Crippen molar-refractivity contribution in [2.75, 3.05) is 6.54 Å². The number of halogens is 2. The molecule has 2 aromatic rings. The van der Waals surface area contributed by atoms with Gasteiger partial charge in [-0.3, -0.25) is 0 Å². The summed E-state index contributed by atoms with van der Waals surface area (Å²) in [6.45, 7) is 3.13. The molecule has 4 heteroatoms. The lowest BCUT2D eigenvalue weighted by Gasteiger charge is -2.18. The van der Waals surface area contributed by atoms with Gasteiger partial charge in [-0.2, -0.15) is 11.3 Å². The minimum absolute atomic E-state index is 0.470. The third kappa shape index (κ3) is 4.78. The highest BCUT2D eigenvalue weighted by Gasteiger charge is 2.10. The van der Waals surface area contributed by atoms with Gasteiger partial charge in [-0.25, -0.2) is 0 Å². The molecule has 0 aliphatic carbocycles. The Hall–Kier alpha value is -0.540. The van der Waals surface area contributed by atoms with Crippen molar-refractivity contribution in [3.8, 4) is 0 Å². The molecule has 1 nitrogen and oxygen atoms in total. The van der Waals surface area contributed by atoms with Crippen LogP contribution in [-0.4, -0.2) is 12.6 Å². The summed E-state index contributed by atoms with van der Waals surface area (Å²) in [4.78, 5) is 0. The first-order valence-electron chi connectivity index (χ1n) is 6.87. The molecule has 1 aromatic heterocycles. The summed E-state index contributed by atoms with van der Waals surface area (Å²) in [5.74, 6) is 0. The maximum atomic E-state index is 6.08. The molecule has 2 rings (SSSR count). The van der Waals surface area contributed by atoms with E-state index in [1.807, 2.05) is 12.1 Å². The molecule has 0 radical (unpaired) electrons. The van der Waals surface area contributed by atoms with Crippen molar-refractivity contribution in [1.82, 2.24) is 5.32 Å². The van der Waals surface area contributed by atoms with Gasteiger partial charge in [-0.15, -0.1) is 0 Å². The van der Waals surface area contributed by atoms with Gasteiger partial charge >= 0.3 is 0 Å². The van der Waals surface area contributed by atoms with Crippen LogP contribution < -0.4 is 5.32 Å². The Morgan fingerprint density at radius 2 is 2.00 bits per heavy atom. The average molecular weight is 328 g/mol. The van der Waals surface area contributed by atoms with Gasteiger partial charge in [-0.1, -0.05) is 36.2 Å². The Kier molecular flexibility index (Phi) is 6.37. The fourth-order valence-electron chi connectivity index (χ4n) is 2.29. The smallest absolute Gasteiger partial charge is 0.0595 e. The zero-order valence-corrected chi connectivity index (χ0v) is 13.9. The third-order valence-electron chi connectivity index (χ3n) is 3.32. The third-order valence-corrected chi connectivity index (χ3v) is 4.79. The monoisotopic (exact) mass is 327 g/mol. The van der Waals surface area contributed by atoms with Crippen LogP contribution in [0.15, 0.2) is 35.0 Å². The Labute approximate surface area is 134 Å². The number of benzene rings is 1. The van der Waals surface area contributed by atoms with Gasteiger partial charge in [0, 0.05) is 6.04 Å². The molecule has 1 N–H and O–H groups in total. The van der Waals surface area contributed by atoms with Crippen LogP contribution in [0.3, 0.4) is 0 Å². The number of nitrogens with one attached hydrogen (secondary N) is 1. The van der Waals surface area contributed by atoms with Crippen LogP contribution in [0.5, 0.6) is 0 Å². The highest BCUT2D eigenvalue weighted by Crippen LogP contribution is 2.23. The van der Waals surface area contributed by atoms with Gasteiger partial charge in [0.15, 0.2) is 0 Å². The summed E-state index contributed by atoms with van der Waals surface area (Å²) >= 11 is 13.8. The molecule has 0 fully saturated rings. The second-order valence-electron chi connectivity index (χ2n) is 4.88. The van der Waals surface area contributed by atoms with Gasteiger partial charge in [0.1, 0.15) is 0 Å². The molecule has 0 saturated carbocycles. The first-order chi connectivity index (χ1) is 9.69. The molecule has 0 bridgehead atoms. The molecule has 0 amide bonds. The largest absolute Gasteiger partial charge is 0.314 e.